The predicted octanol–water partition coefficient (Wildman–Crippen LogP) is 2.81. The van der Waals surface area contributed by atoms with Crippen LogP contribution in [0.4, 0.5) is 5.69 Å². The number of aryl methyl sites for hydroxylation is 1. The molecule has 28 heavy (non-hydrogen) atoms. The van der Waals surface area contributed by atoms with Crippen LogP contribution in [0.15, 0.2) is 35.1 Å². The van der Waals surface area contributed by atoms with Crippen LogP contribution in [-0.2, 0) is 22.6 Å². The van der Waals surface area contributed by atoms with Crippen LogP contribution < -0.4 is 10.9 Å². The molecule has 0 atom stereocenters. The molecule has 0 saturated heterocycles. The summed E-state index contributed by atoms with van der Waals surface area (Å²) in [5.41, 5.74) is 0.636. The van der Waals surface area contributed by atoms with Gasteiger partial charge < -0.3 is 10.1 Å². The van der Waals surface area contributed by atoms with E-state index >= 15 is 0 Å². The number of unbranched alkanes of at least 4 members (excludes halogenated alkanes) is 1. The van der Waals surface area contributed by atoms with E-state index in [1.807, 2.05) is 0 Å². The standard InChI is InChI=1S/C19H20N4O4S/c1-3-4-9-16-22-23-17(25)10-13(21-19(23)28-16)11-27-18(26)14-7-5-6-8-15(14)20-12(2)24/h5-8,10H,3-4,9,11H2,1-2H3,(H,20,24). The summed E-state index contributed by atoms with van der Waals surface area (Å²) in [7, 11) is 0. The van der Waals surface area contributed by atoms with E-state index in [-0.39, 0.29) is 23.6 Å². The van der Waals surface area contributed by atoms with Gasteiger partial charge in [0.25, 0.3) is 5.56 Å². The molecule has 1 N–H and O–H groups in total. The van der Waals surface area contributed by atoms with Crippen molar-refractivity contribution in [3.8, 4) is 0 Å². The number of fused-ring (bicyclic) bond motifs is 1. The number of hydrogen-bond acceptors (Lipinski definition) is 7. The van der Waals surface area contributed by atoms with E-state index in [4.69, 9.17) is 4.74 Å². The lowest BCUT2D eigenvalue weighted by Crippen LogP contribution is -2.17. The van der Waals surface area contributed by atoms with Gasteiger partial charge in [0.05, 0.1) is 16.9 Å². The summed E-state index contributed by atoms with van der Waals surface area (Å²) in [6.07, 6.45) is 2.83. The van der Waals surface area contributed by atoms with E-state index in [1.54, 1.807) is 24.3 Å². The Bertz CT molecular complexity index is 1070. The first kappa shape index (κ1) is 19.7. The van der Waals surface area contributed by atoms with Crippen molar-refractivity contribution >= 4 is 33.9 Å². The van der Waals surface area contributed by atoms with Gasteiger partial charge in [0, 0.05) is 19.4 Å². The second-order valence-corrected chi connectivity index (χ2v) is 7.22. The first-order valence-electron chi connectivity index (χ1n) is 8.90. The number of aromatic nitrogens is 3. The average Bonchev–Trinajstić information content (AvgIpc) is 3.08. The van der Waals surface area contributed by atoms with Crippen LogP contribution in [0.3, 0.4) is 0 Å². The number of para-hydroxylation sites is 1. The molecule has 0 fully saturated rings. The largest absolute Gasteiger partial charge is 0.456 e. The number of nitrogens with zero attached hydrogens (tertiary/aromatic N) is 3. The van der Waals surface area contributed by atoms with Gasteiger partial charge in [0.15, 0.2) is 0 Å². The Morgan fingerprint density at radius 3 is 2.82 bits per heavy atom. The molecule has 2 heterocycles. The monoisotopic (exact) mass is 400 g/mol. The number of rotatable bonds is 7. The maximum atomic E-state index is 12.4. The summed E-state index contributed by atoms with van der Waals surface area (Å²) in [6, 6.07) is 7.86. The Labute approximate surface area is 165 Å². The van der Waals surface area contributed by atoms with Crippen molar-refractivity contribution in [2.75, 3.05) is 5.32 Å². The highest BCUT2D eigenvalue weighted by Crippen LogP contribution is 2.17. The number of carbonyl (C=O) groups is 2. The van der Waals surface area contributed by atoms with E-state index in [0.29, 0.717) is 16.3 Å². The molecule has 2 aromatic heterocycles. The number of anilines is 1. The molecule has 0 spiro atoms. The lowest BCUT2D eigenvalue weighted by Gasteiger charge is -2.09. The number of ether oxygens (including phenoxy) is 1. The van der Waals surface area contributed by atoms with E-state index in [2.05, 4.69) is 22.3 Å². The Kier molecular flexibility index (Phi) is 6.15. The van der Waals surface area contributed by atoms with Crippen LogP contribution >= 0.6 is 11.3 Å². The van der Waals surface area contributed by atoms with E-state index in [9.17, 15) is 14.4 Å². The summed E-state index contributed by atoms with van der Waals surface area (Å²) >= 11 is 1.36. The minimum absolute atomic E-state index is 0.152. The molecule has 0 aliphatic rings. The Morgan fingerprint density at radius 1 is 1.29 bits per heavy atom. The highest BCUT2D eigenvalue weighted by atomic mass is 32.1. The maximum Gasteiger partial charge on any atom is 0.340 e. The van der Waals surface area contributed by atoms with Crippen LogP contribution in [0.1, 0.15) is 47.7 Å². The topological polar surface area (TPSA) is 103 Å². The summed E-state index contributed by atoms with van der Waals surface area (Å²) in [5.74, 6) is -0.899. The molecule has 0 aliphatic heterocycles. The number of benzene rings is 1. The minimum atomic E-state index is -0.612. The van der Waals surface area contributed by atoms with Crippen molar-refractivity contribution in [2.45, 2.75) is 39.7 Å². The fourth-order valence-electron chi connectivity index (χ4n) is 2.58. The van der Waals surface area contributed by atoms with Crippen molar-refractivity contribution in [3.63, 3.8) is 0 Å². The van der Waals surface area contributed by atoms with Gasteiger partial charge in [-0.3, -0.25) is 9.59 Å². The van der Waals surface area contributed by atoms with Crippen LogP contribution in [0.5, 0.6) is 0 Å². The zero-order valence-electron chi connectivity index (χ0n) is 15.6. The minimum Gasteiger partial charge on any atom is -0.456 e. The lowest BCUT2D eigenvalue weighted by atomic mass is 10.2. The van der Waals surface area contributed by atoms with Gasteiger partial charge in [-0.1, -0.05) is 36.8 Å². The highest BCUT2D eigenvalue weighted by molar-refractivity contribution is 7.16. The molecule has 1 aromatic carbocycles. The Hall–Kier alpha value is -3.07. The van der Waals surface area contributed by atoms with E-state index in [0.717, 1.165) is 24.3 Å². The third kappa shape index (κ3) is 4.61. The summed E-state index contributed by atoms with van der Waals surface area (Å²) < 4.78 is 6.57. The molecular weight excluding hydrogens is 380 g/mol. The molecule has 0 radical (unpaired) electrons. The van der Waals surface area contributed by atoms with Crippen molar-refractivity contribution in [1.29, 1.82) is 0 Å². The quantitative estimate of drug-likeness (QED) is 0.612. The zero-order chi connectivity index (χ0) is 20.1. The van der Waals surface area contributed by atoms with Crippen molar-refractivity contribution < 1.29 is 14.3 Å². The van der Waals surface area contributed by atoms with Gasteiger partial charge in [-0.15, -0.1) is 0 Å². The fourth-order valence-corrected chi connectivity index (χ4v) is 3.54. The molecule has 0 saturated carbocycles. The molecule has 3 rings (SSSR count). The van der Waals surface area contributed by atoms with Gasteiger partial charge in [-0.05, 0) is 18.6 Å². The third-order valence-corrected chi connectivity index (χ3v) is 4.86. The zero-order valence-corrected chi connectivity index (χ0v) is 16.4. The van der Waals surface area contributed by atoms with E-state index in [1.165, 1.54) is 28.8 Å². The Balaban J connectivity index is 1.75. The van der Waals surface area contributed by atoms with Crippen LogP contribution in [-0.4, -0.2) is 26.5 Å². The fraction of sp³-hybridized carbons (Fsp3) is 0.316. The van der Waals surface area contributed by atoms with Gasteiger partial charge in [-0.2, -0.15) is 9.61 Å². The number of carbonyl (C=O) groups excluding carboxylic acids is 2. The van der Waals surface area contributed by atoms with Gasteiger partial charge >= 0.3 is 5.97 Å². The lowest BCUT2D eigenvalue weighted by molar-refractivity contribution is -0.114. The second kappa shape index (κ2) is 8.75. The molecule has 3 aromatic rings. The molecule has 0 aliphatic carbocycles. The first-order chi connectivity index (χ1) is 13.5. The average molecular weight is 400 g/mol. The molecular formula is C19H20N4O4S. The summed E-state index contributed by atoms with van der Waals surface area (Å²) in [6.45, 7) is 3.30. The van der Waals surface area contributed by atoms with Crippen molar-refractivity contribution in [1.82, 2.24) is 14.6 Å². The molecule has 1 amide bonds. The normalized spacial score (nSPS) is 10.8. The molecule has 0 bridgehead atoms. The SMILES string of the molecule is CCCCc1nn2c(=O)cc(COC(=O)c3ccccc3NC(C)=O)nc2s1. The van der Waals surface area contributed by atoms with Crippen LogP contribution in [0.2, 0.25) is 0 Å². The van der Waals surface area contributed by atoms with Gasteiger partial charge in [-0.25, -0.2) is 9.78 Å². The maximum absolute atomic E-state index is 12.4. The molecule has 146 valence electrons. The summed E-state index contributed by atoms with van der Waals surface area (Å²) in [5, 5.41) is 7.73. The number of hydrogen-bond donors (Lipinski definition) is 1. The first-order valence-corrected chi connectivity index (χ1v) is 9.72. The van der Waals surface area contributed by atoms with Crippen LogP contribution in [0, 0.1) is 0 Å². The smallest absolute Gasteiger partial charge is 0.340 e. The molecule has 9 heteroatoms. The number of amides is 1. The molecule has 8 nitrogen and oxygen atoms in total. The highest BCUT2D eigenvalue weighted by Gasteiger charge is 2.15. The number of esters is 1. The van der Waals surface area contributed by atoms with Crippen LogP contribution in [0.25, 0.3) is 4.96 Å². The van der Waals surface area contributed by atoms with Gasteiger partial charge in [0.1, 0.15) is 11.6 Å². The predicted molar refractivity (Wildman–Crippen MR) is 106 cm³/mol. The third-order valence-electron chi connectivity index (χ3n) is 3.89. The molecule has 0 unspecified atom stereocenters. The van der Waals surface area contributed by atoms with Crippen molar-refractivity contribution in [2.24, 2.45) is 0 Å². The van der Waals surface area contributed by atoms with E-state index < -0.39 is 5.97 Å². The van der Waals surface area contributed by atoms with Gasteiger partial charge in [0.2, 0.25) is 10.9 Å². The summed E-state index contributed by atoms with van der Waals surface area (Å²) in [4.78, 5) is 40.8. The van der Waals surface area contributed by atoms with Crippen molar-refractivity contribution in [3.05, 3.63) is 57.0 Å². The Morgan fingerprint density at radius 2 is 2.07 bits per heavy atom. The number of nitrogens with one attached hydrogen (secondary N) is 1. The second-order valence-electron chi connectivity index (χ2n) is 6.18.